The molecule has 2 spiro atoms. The van der Waals surface area contributed by atoms with Gasteiger partial charge in [-0.05, 0) is 175 Å². The molecule has 5 fully saturated rings. The van der Waals surface area contributed by atoms with Gasteiger partial charge in [0.2, 0.25) is 0 Å². The van der Waals surface area contributed by atoms with E-state index in [9.17, 15) is 24.9 Å². The molecular formula is C58H69N3O6. The number of hydrogen-bond donors (Lipinski definition) is 6. The van der Waals surface area contributed by atoms with Gasteiger partial charge in [-0.15, -0.1) is 0 Å². The number of nitrogens with two attached hydrogens (primary N) is 1. The smallest absolute Gasteiger partial charge is 0.160 e. The summed E-state index contributed by atoms with van der Waals surface area (Å²) in [5.74, 6) is 11.6. The van der Waals surface area contributed by atoms with Gasteiger partial charge in [-0.3, -0.25) is 9.59 Å². The van der Waals surface area contributed by atoms with E-state index >= 15 is 0 Å². The second-order valence-corrected chi connectivity index (χ2v) is 22.0. The number of ketones is 2. The molecule has 67 heavy (non-hydrogen) atoms. The van der Waals surface area contributed by atoms with Crippen molar-refractivity contribution in [3.05, 3.63) is 107 Å². The Morgan fingerprint density at radius 1 is 0.970 bits per heavy atom. The Morgan fingerprint density at radius 2 is 1.84 bits per heavy atom. The summed E-state index contributed by atoms with van der Waals surface area (Å²) in [6.07, 6.45) is 19.0. The zero-order valence-corrected chi connectivity index (χ0v) is 39.1. The first-order valence-electron chi connectivity index (χ1n) is 25.7. The summed E-state index contributed by atoms with van der Waals surface area (Å²) in [5, 5.41) is 45.2. The van der Waals surface area contributed by atoms with Crippen molar-refractivity contribution >= 4 is 22.3 Å². The number of aliphatic hydroxyl groups is 2. The average molecular weight is 904 g/mol. The van der Waals surface area contributed by atoms with Gasteiger partial charge in [0.1, 0.15) is 11.2 Å². The highest BCUT2D eigenvalue weighted by Crippen LogP contribution is 2.69. The van der Waals surface area contributed by atoms with Gasteiger partial charge in [-0.2, -0.15) is 0 Å². The van der Waals surface area contributed by atoms with Gasteiger partial charge in [0, 0.05) is 43.7 Å². The van der Waals surface area contributed by atoms with Crippen molar-refractivity contribution in [2.45, 2.75) is 126 Å². The van der Waals surface area contributed by atoms with E-state index in [0.717, 1.165) is 58.8 Å². The molecule has 0 unspecified atom stereocenters. The number of carbonyl (C=O) groups excluding carboxylic acids is 2. The number of carbonyl (C=O) groups is 2. The molecule has 0 amide bonds. The third-order valence-electron chi connectivity index (χ3n) is 18.9. The van der Waals surface area contributed by atoms with E-state index in [1.807, 2.05) is 24.3 Å². The maximum absolute atomic E-state index is 14.8. The van der Waals surface area contributed by atoms with Crippen LogP contribution in [0.4, 0.5) is 0 Å². The van der Waals surface area contributed by atoms with Gasteiger partial charge < -0.3 is 36.4 Å². The lowest BCUT2D eigenvalue weighted by atomic mass is 9.41. The largest absolute Gasteiger partial charge is 0.504 e. The molecule has 3 aromatic carbocycles. The number of aromatic hydroxyl groups is 1. The van der Waals surface area contributed by atoms with Gasteiger partial charge in [0.25, 0.3) is 0 Å². The van der Waals surface area contributed by atoms with Crippen LogP contribution in [-0.2, 0) is 16.0 Å². The van der Waals surface area contributed by atoms with E-state index in [4.69, 9.17) is 10.5 Å². The van der Waals surface area contributed by atoms with E-state index in [2.05, 4.69) is 71.0 Å². The summed E-state index contributed by atoms with van der Waals surface area (Å²) in [4.78, 5) is 27.3. The maximum Gasteiger partial charge on any atom is 0.160 e. The zero-order valence-electron chi connectivity index (χ0n) is 39.1. The molecule has 4 saturated carbocycles. The normalized spacial score (nSPS) is 36.3. The fraction of sp³-hybridized carbons (Fsp3) is 0.552. The molecule has 2 bridgehead atoms. The van der Waals surface area contributed by atoms with Gasteiger partial charge in [-0.1, -0.05) is 79.0 Å². The summed E-state index contributed by atoms with van der Waals surface area (Å²) in [6, 6.07) is 18.7. The Labute approximate surface area is 396 Å². The number of rotatable bonds is 9. The van der Waals surface area contributed by atoms with E-state index in [0.29, 0.717) is 116 Å². The molecule has 14 atom stereocenters. The molecule has 9 nitrogen and oxygen atoms in total. The summed E-state index contributed by atoms with van der Waals surface area (Å²) >= 11 is 0. The Morgan fingerprint density at radius 3 is 2.67 bits per heavy atom. The molecule has 0 aromatic heterocycles. The van der Waals surface area contributed by atoms with E-state index in [1.165, 1.54) is 32.8 Å². The monoisotopic (exact) mass is 904 g/mol. The van der Waals surface area contributed by atoms with Crippen LogP contribution < -0.4 is 21.1 Å². The number of fused-ring (bicyclic) bond motifs is 6. The Bertz CT molecular complexity index is 2590. The first kappa shape index (κ1) is 44.6. The number of Topliss-reactive ketones (excluding diaryl/α,β-unsaturated/α-hetero) is 2. The molecule has 8 aliphatic rings. The summed E-state index contributed by atoms with van der Waals surface area (Å²) in [7, 11) is 1.54. The molecule has 9 heteroatoms. The number of aryl methyl sites for hydroxylation is 1. The third-order valence-corrected chi connectivity index (χ3v) is 18.9. The topological polar surface area (TPSA) is 154 Å². The number of phenolic OH excluding ortho intramolecular Hbond substituents is 1. The first-order chi connectivity index (χ1) is 32.5. The molecule has 0 radical (unpaired) electrons. The first-order valence-corrected chi connectivity index (χ1v) is 25.7. The molecule has 1 saturated heterocycles. The number of benzene rings is 3. The molecule has 3 aromatic rings. The molecule has 11 rings (SSSR count). The highest BCUT2D eigenvalue weighted by Gasteiger charge is 2.65. The Kier molecular flexibility index (Phi) is 11.9. The van der Waals surface area contributed by atoms with Crippen LogP contribution in [0, 0.1) is 64.1 Å². The van der Waals surface area contributed by atoms with Gasteiger partial charge in [-0.25, -0.2) is 0 Å². The lowest BCUT2D eigenvalue weighted by Gasteiger charge is -2.65. The van der Waals surface area contributed by atoms with E-state index in [-0.39, 0.29) is 29.3 Å². The lowest BCUT2D eigenvalue weighted by Crippen LogP contribution is -2.65. The van der Waals surface area contributed by atoms with Gasteiger partial charge in [0.15, 0.2) is 17.3 Å². The lowest BCUT2D eigenvalue weighted by molar-refractivity contribution is -0.154. The summed E-state index contributed by atoms with van der Waals surface area (Å²) in [5.41, 5.74) is 9.24. The molecule has 7 N–H and O–H groups in total. The number of methoxy groups -OCH3 is 1. The fourth-order valence-corrected chi connectivity index (χ4v) is 15.9. The second-order valence-electron chi connectivity index (χ2n) is 22.0. The number of ether oxygens (including phenoxy) is 1. The van der Waals surface area contributed by atoms with Gasteiger partial charge in [0.05, 0.1) is 25.1 Å². The predicted molar refractivity (Wildman–Crippen MR) is 261 cm³/mol. The van der Waals surface area contributed by atoms with Crippen molar-refractivity contribution in [2.24, 2.45) is 58.0 Å². The summed E-state index contributed by atoms with van der Waals surface area (Å²) < 4.78 is 5.58. The van der Waals surface area contributed by atoms with Crippen LogP contribution in [-0.4, -0.2) is 65.3 Å². The molecule has 2 heterocycles. The minimum atomic E-state index is -1.18. The minimum Gasteiger partial charge on any atom is -0.504 e. The molecular weight excluding hydrogens is 835 g/mol. The number of dihydropyridines is 1. The van der Waals surface area contributed by atoms with Crippen molar-refractivity contribution in [1.82, 2.24) is 10.6 Å². The SMILES string of the molecule is COc1cc2c(cc1O)[C@@H](CC[C@H](O)C[C@H](C1=CCNC(N)=C1)c1ccc3ccccc3c1)C#C[C@]1(CC[C@@H]([C@H]3[C@@H]4C=C[C@H]5CCC[C@]35[C@H]3CN[C@H]5CC(=O)CC[C@H]5[C@@H]3C4)C[C@H]1O)C(=O)CC2. The van der Waals surface area contributed by atoms with Crippen LogP contribution in [0.5, 0.6) is 11.5 Å². The van der Waals surface area contributed by atoms with E-state index < -0.39 is 23.5 Å². The zero-order chi connectivity index (χ0) is 46.0. The van der Waals surface area contributed by atoms with Crippen LogP contribution in [0.2, 0.25) is 0 Å². The van der Waals surface area contributed by atoms with Crippen LogP contribution in [0.1, 0.15) is 118 Å². The van der Waals surface area contributed by atoms with Crippen LogP contribution in [0.3, 0.4) is 0 Å². The van der Waals surface area contributed by atoms with Crippen molar-refractivity contribution in [3.8, 4) is 23.3 Å². The number of allylic oxidation sites excluding steroid dienone is 4. The van der Waals surface area contributed by atoms with Crippen molar-refractivity contribution in [1.29, 1.82) is 0 Å². The van der Waals surface area contributed by atoms with Crippen LogP contribution in [0.15, 0.2) is 90.3 Å². The van der Waals surface area contributed by atoms with Crippen molar-refractivity contribution in [2.75, 3.05) is 20.2 Å². The third kappa shape index (κ3) is 7.84. The fourth-order valence-electron chi connectivity index (χ4n) is 15.9. The average Bonchev–Trinajstić information content (AvgIpc) is 3.77. The minimum absolute atomic E-state index is 0.000463. The molecule has 352 valence electrons. The van der Waals surface area contributed by atoms with Crippen molar-refractivity contribution < 1.29 is 29.6 Å². The van der Waals surface area contributed by atoms with Crippen LogP contribution >= 0.6 is 0 Å². The Hall–Kier alpha value is -4.88. The molecule has 2 aliphatic heterocycles. The maximum atomic E-state index is 14.8. The highest BCUT2D eigenvalue weighted by atomic mass is 16.5. The molecule has 6 aliphatic carbocycles. The Balaban J connectivity index is 0.869. The number of phenols is 1. The highest BCUT2D eigenvalue weighted by molar-refractivity contribution is 5.89. The second kappa shape index (κ2) is 17.9. The van der Waals surface area contributed by atoms with E-state index in [1.54, 1.807) is 6.07 Å². The number of nitrogens with one attached hydrogen (secondary N) is 2. The predicted octanol–water partition coefficient (Wildman–Crippen LogP) is 8.51. The summed E-state index contributed by atoms with van der Waals surface area (Å²) in [6.45, 7) is 1.60. The van der Waals surface area contributed by atoms with Gasteiger partial charge >= 0.3 is 0 Å². The van der Waals surface area contributed by atoms with Crippen molar-refractivity contribution in [3.63, 3.8) is 0 Å². The number of hydrogen-bond acceptors (Lipinski definition) is 9. The number of piperidine rings is 1. The number of aliphatic hydroxyl groups excluding tert-OH is 2. The van der Waals surface area contributed by atoms with Crippen LogP contribution in [0.25, 0.3) is 10.8 Å². The quantitative estimate of drug-likeness (QED) is 0.0917. The standard InChI is InChI=1S/C58H69N3O6/c1-67-52-27-38-12-17-53(65)57(23-19-41(28-54(57)66)56-40-10-13-42-7-4-21-58(42,56)49-33-61-50-31-44(63)15-16-45(50)48(49)26-40)22-18-35(47(38)32-51(52)64)11-14-43(62)30-46(39-20-24-60-55(59)29-39)37-9-8-34-5-2-3-6-36(34)25-37/h2-3,5-6,8-10,13,20,25,27,29,32,35,40-43,45-46,48-50,54,56,60-62,64,66H,4,7,11-12,14-17,19,21,23-24,26,28,30-31,33,59H2,1H3/t35-,40+,41+,42+,43-,45-,46-,48-,49-,50-,54+,56+,57-,58-/m0/s1.